The molecule has 3 amide bonds. The molecule has 4 N–H and O–H groups in total. The zero-order chi connectivity index (χ0) is 22.7. The van der Waals surface area contributed by atoms with Crippen LogP contribution in [0.3, 0.4) is 0 Å². The molecule has 166 valence electrons. The van der Waals surface area contributed by atoms with E-state index in [4.69, 9.17) is 17.3 Å². The van der Waals surface area contributed by atoms with Crippen molar-refractivity contribution in [3.05, 3.63) is 34.3 Å². The molecular formula is C22H33ClN4O3. The molecule has 7 nitrogen and oxygen atoms in total. The van der Waals surface area contributed by atoms with E-state index in [-0.39, 0.29) is 24.3 Å². The smallest absolute Gasteiger partial charge is 0.246 e. The summed E-state index contributed by atoms with van der Waals surface area (Å²) < 4.78 is 0. The predicted octanol–water partition coefficient (Wildman–Crippen LogP) is 2.35. The molecule has 0 bridgehead atoms. The molecule has 1 heterocycles. The van der Waals surface area contributed by atoms with Gasteiger partial charge in [-0.3, -0.25) is 14.4 Å². The molecule has 0 saturated carbocycles. The molecule has 1 aromatic carbocycles. The number of halogens is 1. The third-order valence-electron chi connectivity index (χ3n) is 5.68. The van der Waals surface area contributed by atoms with Crippen molar-refractivity contribution in [3.8, 4) is 0 Å². The Balaban J connectivity index is 2.20. The summed E-state index contributed by atoms with van der Waals surface area (Å²) in [6.45, 7) is 9.95. The number of benzene rings is 1. The zero-order valence-corrected chi connectivity index (χ0v) is 19.2. The Kier molecular flexibility index (Phi) is 7.53. The summed E-state index contributed by atoms with van der Waals surface area (Å²) in [5.74, 6) is -0.742. The minimum Gasteiger partial charge on any atom is -0.350 e. The molecule has 1 aromatic rings. The van der Waals surface area contributed by atoms with Crippen LogP contribution >= 0.6 is 11.6 Å². The van der Waals surface area contributed by atoms with Gasteiger partial charge in [0, 0.05) is 31.6 Å². The lowest BCUT2D eigenvalue weighted by Crippen LogP contribution is -2.61. The highest BCUT2D eigenvalue weighted by molar-refractivity contribution is 6.30. The number of hydrogen-bond acceptors (Lipinski definition) is 4. The Morgan fingerprint density at radius 1 is 1.27 bits per heavy atom. The Morgan fingerprint density at radius 2 is 1.93 bits per heavy atom. The highest BCUT2D eigenvalue weighted by atomic mass is 35.5. The van der Waals surface area contributed by atoms with Gasteiger partial charge in [-0.15, -0.1) is 0 Å². The standard InChI is InChI=1S/C22H33ClN4O3/c1-14(28)26-18(21(2,3)4)19(29)27-10-6-9-22(27,5)20(30)25-13-16-11-17(23)8-7-15(16)12-24/h7-8,11,18H,6,9-10,12-13,24H2,1-5H3,(H,25,30)(H,26,28)/t18-,22?/m1/s1. The number of carbonyl (C=O) groups is 3. The van der Waals surface area contributed by atoms with Crippen molar-refractivity contribution in [2.75, 3.05) is 6.54 Å². The van der Waals surface area contributed by atoms with Crippen molar-refractivity contribution in [2.45, 2.75) is 72.1 Å². The van der Waals surface area contributed by atoms with Crippen molar-refractivity contribution in [1.29, 1.82) is 0 Å². The summed E-state index contributed by atoms with van der Waals surface area (Å²) in [4.78, 5) is 39.8. The van der Waals surface area contributed by atoms with Gasteiger partial charge in [-0.1, -0.05) is 38.4 Å². The summed E-state index contributed by atoms with van der Waals surface area (Å²) in [7, 11) is 0. The van der Waals surface area contributed by atoms with Gasteiger partial charge < -0.3 is 21.3 Å². The molecule has 0 aromatic heterocycles. The van der Waals surface area contributed by atoms with Gasteiger partial charge in [-0.25, -0.2) is 0 Å². The number of nitrogens with two attached hydrogens (primary N) is 1. The first kappa shape index (κ1) is 24.2. The molecule has 8 heteroatoms. The fourth-order valence-corrected chi connectivity index (χ4v) is 4.08. The molecule has 30 heavy (non-hydrogen) atoms. The minimum absolute atomic E-state index is 0.230. The molecule has 0 radical (unpaired) electrons. The van der Waals surface area contributed by atoms with Crippen LogP contribution < -0.4 is 16.4 Å². The minimum atomic E-state index is -0.986. The molecule has 0 aliphatic carbocycles. The van der Waals surface area contributed by atoms with Crippen LogP contribution in [0, 0.1) is 5.41 Å². The van der Waals surface area contributed by atoms with E-state index in [1.54, 1.807) is 24.0 Å². The fourth-order valence-electron chi connectivity index (χ4n) is 3.88. The van der Waals surface area contributed by atoms with Crippen molar-refractivity contribution in [2.24, 2.45) is 11.1 Å². The van der Waals surface area contributed by atoms with Crippen molar-refractivity contribution >= 4 is 29.3 Å². The van der Waals surface area contributed by atoms with Gasteiger partial charge in [0.05, 0.1) is 0 Å². The Bertz CT molecular complexity index is 821. The van der Waals surface area contributed by atoms with Gasteiger partial charge >= 0.3 is 0 Å². The summed E-state index contributed by atoms with van der Waals surface area (Å²) in [5, 5.41) is 6.29. The van der Waals surface area contributed by atoms with E-state index >= 15 is 0 Å². The molecular weight excluding hydrogens is 404 g/mol. The number of nitrogens with one attached hydrogen (secondary N) is 2. The van der Waals surface area contributed by atoms with Crippen molar-refractivity contribution in [3.63, 3.8) is 0 Å². The fraction of sp³-hybridized carbons (Fsp3) is 0.591. The number of rotatable bonds is 6. The highest BCUT2D eigenvalue weighted by Crippen LogP contribution is 2.33. The van der Waals surface area contributed by atoms with Crippen molar-refractivity contribution in [1.82, 2.24) is 15.5 Å². The third kappa shape index (κ3) is 5.32. The number of hydrogen-bond donors (Lipinski definition) is 3. The van der Waals surface area contributed by atoms with Crippen LogP contribution in [-0.4, -0.2) is 40.7 Å². The van der Waals surface area contributed by atoms with E-state index < -0.39 is 17.0 Å². The van der Waals surface area contributed by atoms with Crippen LogP contribution in [0.2, 0.25) is 5.02 Å². The van der Waals surface area contributed by atoms with Crippen LogP contribution in [-0.2, 0) is 27.5 Å². The molecule has 1 unspecified atom stereocenters. The summed E-state index contributed by atoms with van der Waals surface area (Å²) in [6.07, 6.45) is 1.28. The van der Waals surface area contributed by atoms with Gasteiger partial charge in [-0.2, -0.15) is 0 Å². The van der Waals surface area contributed by atoms with E-state index in [1.807, 2.05) is 26.8 Å². The topological polar surface area (TPSA) is 105 Å². The van der Waals surface area contributed by atoms with Gasteiger partial charge in [0.25, 0.3) is 0 Å². The third-order valence-corrected chi connectivity index (χ3v) is 5.92. The Labute approximate surface area is 183 Å². The lowest BCUT2D eigenvalue weighted by molar-refractivity contribution is -0.148. The second-order valence-corrected chi connectivity index (χ2v) is 9.60. The van der Waals surface area contributed by atoms with Gasteiger partial charge in [-0.05, 0) is 48.4 Å². The maximum atomic E-state index is 13.4. The maximum absolute atomic E-state index is 13.4. The number of nitrogens with zero attached hydrogens (tertiary/aromatic N) is 1. The summed E-state index contributed by atoms with van der Waals surface area (Å²) >= 11 is 6.09. The normalized spacial score (nSPS) is 20.0. The quantitative estimate of drug-likeness (QED) is 0.636. The van der Waals surface area contributed by atoms with E-state index in [9.17, 15) is 14.4 Å². The predicted molar refractivity (Wildman–Crippen MR) is 118 cm³/mol. The SMILES string of the molecule is CC(=O)N[C@H](C(=O)N1CCCC1(C)C(=O)NCc1cc(Cl)ccc1CN)C(C)(C)C. The maximum Gasteiger partial charge on any atom is 0.246 e. The summed E-state index contributed by atoms with van der Waals surface area (Å²) in [5.41, 5.74) is 6.07. The van der Waals surface area contributed by atoms with Gasteiger partial charge in [0.2, 0.25) is 17.7 Å². The lowest BCUT2D eigenvalue weighted by atomic mass is 9.84. The van der Waals surface area contributed by atoms with E-state index in [2.05, 4.69) is 10.6 Å². The average molecular weight is 437 g/mol. The molecule has 2 rings (SSSR count). The van der Waals surface area contributed by atoms with Crippen LogP contribution in [0.15, 0.2) is 18.2 Å². The first-order chi connectivity index (χ1) is 13.9. The second kappa shape index (κ2) is 9.35. The lowest BCUT2D eigenvalue weighted by Gasteiger charge is -2.39. The van der Waals surface area contributed by atoms with Crippen LogP contribution in [0.1, 0.15) is 58.6 Å². The number of likely N-dealkylation sites (tertiary alicyclic amines) is 1. The Hall–Kier alpha value is -2.12. The molecule has 0 spiro atoms. The van der Waals surface area contributed by atoms with Gasteiger partial charge in [0.1, 0.15) is 11.6 Å². The zero-order valence-electron chi connectivity index (χ0n) is 18.5. The first-order valence-corrected chi connectivity index (χ1v) is 10.6. The number of amides is 3. The Morgan fingerprint density at radius 3 is 2.50 bits per heavy atom. The molecule has 1 fully saturated rings. The van der Waals surface area contributed by atoms with Crippen LogP contribution in [0.4, 0.5) is 0 Å². The van der Waals surface area contributed by atoms with E-state index in [0.29, 0.717) is 24.5 Å². The highest BCUT2D eigenvalue weighted by Gasteiger charge is 2.49. The second-order valence-electron chi connectivity index (χ2n) is 9.17. The molecule has 1 aliphatic rings. The first-order valence-electron chi connectivity index (χ1n) is 10.2. The van der Waals surface area contributed by atoms with E-state index in [1.165, 1.54) is 6.92 Å². The monoisotopic (exact) mass is 436 g/mol. The molecule has 1 aliphatic heterocycles. The largest absolute Gasteiger partial charge is 0.350 e. The van der Waals surface area contributed by atoms with Gasteiger partial charge in [0.15, 0.2) is 0 Å². The molecule has 2 atom stereocenters. The van der Waals surface area contributed by atoms with Crippen molar-refractivity contribution < 1.29 is 14.4 Å². The van der Waals surface area contributed by atoms with Crippen LogP contribution in [0.5, 0.6) is 0 Å². The average Bonchev–Trinajstić information content (AvgIpc) is 3.05. The number of carbonyl (C=O) groups excluding carboxylic acids is 3. The van der Waals surface area contributed by atoms with E-state index in [0.717, 1.165) is 17.5 Å². The van der Waals surface area contributed by atoms with Crippen LogP contribution in [0.25, 0.3) is 0 Å². The molecule has 1 saturated heterocycles. The summed E-state index contributed by atoms with van der Waals surface area (Å²) in [6, 6.07) is 4.69.